The van der Waals surface area contributed by atoms with E-state index in [1.807, 2.05) is 60.7 Å². The van der Waals surface area contributed by atoms with Gasteiger partial charge in [-0.1, -0.05) is 42.5 Å². The molecule has 2 rings (SSSR count). The molecule has 0 aliphatic rings. The first-order valence-corrected chi connectivity index (χ1v) is 7.10. The van der Waals surface area contributed by atoms with Crippen LogP contribution in [0.2, 0.25) is 0 Å². The molecule has 2 N–H and O–H groups in total. The van der Waals surface area contributed by atoms with Crippen LogP contribution in [0, 0.1) is 0 Å². The molecule has 2 aromatic carbocycles. The largest absolute Gasteiger partial charge is 0.481 e. The van der Waals surface area contributed by atoms with Crippen LogP contribution in [-0.2, 0) is 9.53 Å². The number of anilines is 1. The van der Waals surface area contributed by atoms with Crippen molar-refractivity contribution in [3.8, 4) is 5.75 Å². The van der Waals surface area contributed by atoms with Crippen LogP contribution in [0.25, 0.3) is 12.2 Å². The van der Waals surface area contributed by atoms with Crippen molar-refractivity contribution in [2.45, 2.75) is 6.92 Å². The van der Waals surface area contributed by atoms with E-state index in [0.717, 1.165) is 16.8 Å². The number of para-hydroxylation sites is 1. The molecule has 22 heavy (non-hydrogen) atoms. The number of esters is 1. The quantitative estimate of drug-likeness (QED) is 0.504. The summed E-state index contributed by atoms with van der Waals surface area (Å²) in [6.45, 7) is 2.02. The van der Waals surface area contributed by atoms with E-state index in [0.29, 0.717) is 12.4 Å². The lowest BCUT2D eigenvalue weighted by Crippen LogP contribution is -2.14. The fraction of sp³-hybridized carbons (Fsp3) is 0.167. The van der Waals surface area contributed by atoms with Crippen molar-refractivity contribution in [3.63, 3.8) is 0 Å². The van der Waals surface area contributed by atoms with Gasteiger partial charge in [0.25, 0.3) is 0 Å². The second-order valence-corrected chi connectivity index (χ2v) is 4.63. The standard InChI is InChI=1S/C18H19NO3/c1-2-21-18(20)13-22-17-6-4-3-5-15(17)10-7-14-8-11-16(19)12-9-14/h3-12H,2,13,19H2,1H3. The van der Waals surface area contributed by atoms with Crippen molar-refractivity contribution in [1.29, 1.82) is 0 Å². The van der Waals surface area contributed by atoms with Crippen LogP contribution in [0.3, 0.4) is 0 Å². The summed E-state index contributed by atoms with van der Waals surface area (Å²) in [5, 5.41) is 0. The molecule has 4 heteroatoms. The van der Waals surface area contributed by atoms with Crippen LogP contribution >= 0.6 is 0 Å². The van der Waals surface area contributed by atoms with E-state index < -0.39 is 0 Å². The minimum absolute atomic E-state index is 0.0967. The van der Waals surface area contributed by atoms with E-state index in [-0.39, 0.29) is 12.6 Å². The van der Waals surface area contributed by atoms with Crippen LogP contribution in [-0.4, -0.2) is 19.2 Å². The van der Waals surface area contributed by atoms with E-state index in [2.05, 4.69) is 0 Å². The van der Waals surface area contributed by atoms with Gasteiger partial charge >= 0.3 is 5.97 Å². The maximum atomic E-state index is 11.4. The maximum Gasteiger partial charge on any atom is 0.344 e. The molecular formula is C18H19NO3. The van der Waals surface area contributed by atoms with Crippen LogP contribution in [0.15, 0.2) is 48.5 Å². The van der Waals surface area contributed by atoms with Gasteiger partial charge in [-0.25, -0.2) is 4.79 Å². The molecule has 0 aliphatic heterocycles. The third-order valence-corrected chi connectivity index (χ3v) is 2.96. The second-order valence-electron chi connectivity index (χ2n) is 4.63. The molecule has 0 atom stereocenters. The summed E-state index contributed by atoms with van der Waals surface area (Å²) < 4.78 is 10.4. The van der Waals surface area contributed by atoms with Gasteiger partial charge in [0.2, 0.25) is 0 Å². The Morgan fingerprint density at radius 2 is 1.82 bits per heavy atom. The first-order chi connectivity index (χ1) is 10.7. The van der Waals surface area contributed by atoms with Crippen molar-refractivity contribution < 1.29 is 14.3 Å². The molecule has 0 radical (unpaired) electrons. The fourth-order valence-electron chi connectivity index (χ4n) is 1.88. The number of hydrogen-bond donors (Lipinski definition) is 1. The van der Waals surface area contributed by atoms with Gasteiger partial charge < -0.3 is 15.2 Å². The van der Waals surface area contributed by atoms with E-state index in [1.165, 1.54) is 0 Å². The molecule has 0 saturated carbocycles. The first-order valence-electron chi connectivity index (χ1n) is 7.10. The van der Waals surface area contributed by atoms with Crippen LogP contribution in [0.4, 0.5) is 5.69 Å². The normalized spacial score (nSPS) is 10.6. The second kappa shape index (κ2) is 7.88. The molecule has 2 aromatic rings. The maximum absolute atomic E-state index is 11.4. The van der Waals surface area contributed by atoms with Gasteiger partial charge in [0, 0.05) is 11.3 Å². The van der Waals surface area contributed by atoms with Gasteiger partial charge in [0.1, 0.15) is 5.75 Å². The average molecular weight is 297 g/mol. The van der Waals surface area contributed by atoms with E-state index >= 15 is 0 Å². The molecule has 0 unspecified atom stereocenters. The van der Waals surface area contributed by atoms with Gasteiger partial charge in [0.15, 0.2) is 6.61 Å². The molecule has 0 fully saturated rings. The Kier molecular flexibility index (Phi) is 5.60. The average Bonchev–Trinajstić information content (AvgIpc) is 2.53. The zero-order chi connectivity index (χ0) is 15.8. The predicted octanol–water partition coefficient (Wildman–Crippen LogP) is 3.38. The Balaban J connectivity index is 2.07. The molecule has 0 saturated heterocycles. The summed E-state index contributed by atoms with van der Waals surface area (Å²) in [7, 11) is 0. The van der Waals surface area contributed by atoms with E-state index in [4.69, 9.17) is 15.2 Å². The van der Waals surface area contributed by atoms with Crippen LogP contribution < -0.4 is 10.5 Å². The molecule has 0 bridgehead atoms. The van der Waals surface area contributed by atoms with Crippen molar-refractivity contribution in [3.05, 3.63) is 59.7 Å². The number of carbonyl (C=O) groups is 1. The highest BCUT2D eigenvalue weighted by atomic mass is 16.6. The fourth-order valence-corrected chi connectivity index (χ4v) is 1.88. The van der Waals surface area contributed by atoms with Gasteiger partial charge in [0.05, 0.1) is 6.61 Å². The number of hydrogen-bond acceptors (Lipinski definition) is 4. The number of carbonyl (C=O) groups excluding carboxylic acids is 1. The van der Waals surface area contributed by atoms with Crippen molar-refractivity contribution in [2.75, 3.05) is 18.9 Å². The summed E-state index contributed by atoms with van der Waals surface area (Å²) in [4.78, 5) is 11.4. The highest BCUT2D eigenvalue weighted by Crippen LogP contribution is 2.21. The molecule has 4 nitrogen and oxygen atoms in total. The van der Waals surface area contributed by atoms with Crippen molar-refractivity contribution >= 4 is 23.8 Å². The van der Waals surface area contributed by atoms with Crippen molar-refractivity contribution in [1.82, 2.24) is 0 Å². The van der Waals surface area contributed by atoms with E-state index in [1.54, 1.807) is 6.92 Å². The van der Waals surface area contributed by atoms with Crippen LogP contribution in [0.5, 0.6) is 5.75 Å². The summed E-state index contributed by atoms with van der Waals surface area (Å²) >= 11 is 0. The molecule has 0 heterocycles. The molecule has 0 aliphatic carbocycles. The zero-order valence-electron chi connectivity index (χ0n) is 12.5. The highest BCUT2D eigenvalue weighted by Gasteiger charge is 2.05. The van der Waals surface area contributed by atoms with Gasteiger partial charge in [-0.05, 0) is 30.7 Å². The summed E-state index contributed by atoms with van der Waals surface area (Å²) in [5.74, 6) is 0.266. The number of benzene rings is 2. The Hall–Kier alpha value is -2.75. The van der Waals surface area contributed by atoms with Crippen molar-refractivity contribution in [2.24, 2.45) is 0 Å². The summed E-state index contributed by atoms with van der Waals surface area (Å²) in [5.41, 5.74) is 8.32. The first kappa shape index (κ1) is 15.6. The Morgan fingerprint density at radius 3 is 2.55 bits per heavy atom. The summed E-state index contributed by atoms with van der Waals surface area (Å²) in [6.07, 6.45) is 3.90. The molecule has 0 amide bonds. The number of ether oxygens (including phenoxy) is 2. The number of nitrogen functional groups attached to an aromatic ring is 1. The van der Waals surface area contributed by atoms with Crippen LogP contribution in [0.1, 0.15) is 18.1 Å². The monoisotopic (exact) mass is 297 g/mol. The summed E-state index contributed by atoms with van der Waals surface area (Å²) in [6, 6.07) is 15.1. The van der Waals surface area contributed by atoms with Gasteiger partial charge in [-0.15, -0.1) is 0 Å². The molecule has 0 spiro atoms. The molecule has 0 aromatic heterocycles. The smallest absolute Gasteiger partial charge is 0.344 e. The lowest BCUT2D eigenvalue weighted by Gasteiger charge is -2.08. The Labute approximate surface area is 130 Å². The lowest BCUT2D eigenvalue weighted by molar-refractivity contribution is -0.145. The van der Waals surface area contributed by atoms with Gasteiger partial charge in [-0.3, -0.25) is 0 Å². The third kappa shape index (κ3) is 4.66. The highest BCUT2D eigenvalue weighted by molar-refractivity contribution is 5.74. The third-order valence-electron chi connectivity index (χ3n) is 2.96. The minimum atomic E-state index is -0.375. The zero-order valence-corrected chi connectivity index (χ0v) is 12.5. The topological polar surface area (TPSA) is 61.5 Å². The lowest BCUT2D eigenvalue weighted by atomic mass is 10.1. The molecule has 114 valence electrons. The molecular weight excluding hydrogens is 278 g/mol. The predicted molar refractivity (Wildman–Crippen MR) is 88.4 cm³/mol. The SMILES string of the molecule is CCOC(=O)COc1ccccc1C=Cc1ccc(N)cc1. The Morgan fingerprint density at radius 1 is 1.09 bits per heavy atom. The van der Waals surface area contributed by atoms with Gasteiger partial charge in [-0.2, -0.15) is 0 Å². The number of rotatable bonds is 6. The van der Waals surface area contributed by atoms with E-state index in [9.17, 15) is 4.79 Å². The Bertz CT molecular complexity index is 648. The minimum Gasteiger partial charge on any atom is -0.481 e. The number of nitrogens with two attached hydrogens (primary N) is 1.